The van der Waals surface area contributed by atoms with Crippen LogP contribution in [-0.2, 0) is 15.1 Å². The van der Waals surface area contributed by atoms with Crippen molar-refractivity contribution in [1.82, 2.24) is 19.9 Å². The molecule has 0 saturated carbocycles. The van der Waals surface area contributed by atoms with Gasteiger partial charge < -0.3 is 11.0 Å². The van der Waals surface area contributed by atoms with Crippen molar-refractivity contribution >= 4 is 65.8 Å². The molecule has 13 heteroatoms. The Hall–Kier alpha value is -1.12. The van der Waals surface area contributed by atoms with Gasteiger partial charge in [-0.2, -0.15) is 0 Å². The summed E-state index contributed by atoms with van der Waals surface area (Å²) in [4.78, 5) is 16.6. The normalized spacial score (nSPS) is 9.27. The molecule has 6 nitrogen and oxygen atoms in total. The standard InChI is InChI=1S/2C10H6Cl2N2.2ClH.2H2O.Ru/c2*11-7-1-3-13-9(5-7)10-6-8(12)2-4-14-10;;;;;/h2*1-6H;2*1H;2*1H2;/q;;;;;;+2/p-2. The molecule has 0 spiro atoms. The topological polar surface area (TPSA) is 115 Å². The second kappa shape index (κ2) is 17.3. The zero-order chi connectivity index (χ0) is 22.6. The SMILES string of the molecule is Clc1ccnc(-c2cc(Cl)ccn2)c1.Clc1ccnc(-c2cc(Cl)ccn2)c1.O.O.[Cl][Ru][Cl]. The molecular weight excluding hydrogens is 642 g/mol. The number of aromatic nitrogens is 4. The van der Waals surface area contributed by atoms with Crippen LogP contribution in [0.5, 0.6) is 0 Å². The predicted octanol–water partition coefficient (Wildman–Crippen LogP) is 6.63. The summed E-state index contributed by atoms with van der Waals surface area (Å²) < 4.78 is 0. The van der Waals surface area contributed by atoms with E-state index in [1.54, 1.807) is 73.3 Å². The van der Waals surface area contributed by atoms with Crippen LogP contribution in [0.25, 0.3) is 22.8 Å². The van der Waals surface area contributed by atoms with Gasteiger partial charge in [0.15, 0.2) is 0 Å². The molecule has 0 fully saturated rings. The van der Waals surface area contributed by atoms with Crippen LogP contribution in [0.1, 0.15) is 0 Å². The Bertz CT molecular complexity index is 953. The second-order valence-electron chi connectivity index (χ2n) is 5.49. The molecule has 0 aliphatic carbocycles. The van der Waals surface area contributed by atoms with E-state index in [1.807, 2.05) is 0 Å². The molecule has 4 rings (SSSR count). The molecule has 0 bridgehead atoms. The van der Waals surface area contributed by atoms with Gasteiger partial charge >= 0.3 is 34.5 Å². The summed E-state index contributed by atoms with van der Waals surface area (Å²) in [5.41, 5.74) is 2.89. The van der Waals surface area contributed by atoms with Crippen LogP contribution in [0.2, 0.25) is 20.1 Å². The van der Waals surface area contributed by atoms with Crippen LogP contribution in [0.15, 0.2) is 73.3 Å². The van der Waals surface area contributed by atoms with Gasteiger partial charge in [0.2, 0.25) is 0 Å². The maximum absolute atomic E-state index is 5.83. The summed E-state index contributed by atoms with van der Waals surface area (Å²) >= 11 is 23.0. The number of pyridine rings is 4. The Balaban J connectivity index is 0.000000527. The molecule has 4 N–H and O–H groups in total. The van der Waals surface area contributed by atoms with E-state index in [-0.39, 0.29) is 26.1 Å². The van der Waals surface area contributed by atoms with E-state index in [4.69, 9.17) is 65.8 Å². The van der Waals surface area contributed by atoms with Gasteiger partial charge in [0.1, 0.15) is 0 Å². The monoisotopic (exact) mass is 656 g/mol. The summed E-state index contributed by atoms with van der Waals surface area (Å²) in [6.45, 7) is 0. The molecule has 0 aliphatic rings. The quantitative estimate of drug-likeness (QED) is 0.225. The van der Waals surface area contributed by atoms with Crippen LogP contribution in [0, 0.1) is 0 Å². The van der Waals surface area contributed by atoms with Crippen LogP contribution in [0.4, 0.5) is 0 Å². The van der Waals surface area contributed by atoms with E-state index < -0.39 is 0 Å². The van der Waals surface area contributed by atoms with Gasteiger partial charge in [0.05, 0.1) is 22.8 Å². The van der Waals surface area contributed by atoms with Gasteiger partial charge in [-0.05, 0) is 48.5 Å². The Kier molecular flexibility index (Phi) is 16.8. The van der Waals surface area contributed by atoms with Gasteiger partial charge in [0.25, 0.3) is 0 Å². The number of nitrogens with zero attached hydrogens (tertiary/aromatic N) is 4. The van der Waals surface area contributed by atoms with Crippen molar-refractivity contribution in [2.75, 3.05) is 0 Å². The van der Waals surface area contributed by atoms with E-state index >= 15 is 0 Å². The van der Waals surface area contributed by atoms with Crippen molar-refractivity contribution in [2.24, 2.45) is 0 Å². The fourth-order valence-corrected chi connectivity index (χ4v) is 2.82. The third-order valence-corrected chi connectivity index (χ3v) is 4.35. The number of hydrogen-bond acceptors (Lipinski definition) is 4. The molecule has 4 heterocycles. The molecule has 4 aromatic rings. The van der Waals surface area contributed by atoms with Crippen molar-refractivity contribution in [3.05, 3.63) is 93.4 Å². The van der Waals surface area contributed by atoms with Gasteiger partial charge in [-0.25, -0.2) is 0 Å². The van der Waals surface area contributed by atoms with Gasteiger partial charge in [-0.1, -0.05) is 46.4 Å². The molecule has 178 valence electrons. The van der Waals surface area contributed by atoms with Gasteiger partial charge in [-0.3, -0.25) is 19.9 Å². The fraction of sp³-hybridized carbons (Fsp3) is 0. The first-order chi connectivity index (χ1) is 14.9. The molecule has 33 heavy (non-hydrogen) atoms. The first kappa shape index (κ1) is 31.9. The summed E-state index contributed by atoms with van der Waals surface area (Å²) in [5.74, 6) is 0. The van der Waals surface area contributed by atoms with E-state index in [0.717, 1.165) is 22.8 Å². The average molecular weight is 658 g/mol. The Labute approximate surface area is 226 Å². The number of hydrogen-bond donors (Lipinski definition) is 0. The summed E-state index contributed by atoms with van der Waals surface area (Å²) in [7, 11) is 9.71. The molecule has 0 unspecified atom stereocenters. The zero-order valence-corrected chi connectivity index (χ0v) is 22.6. The Morgan fingerprint density at radius 2 is 0.636 bits per heavy atom. The van der Waals surface area contributed by atoms with E-state index in [0.29, 0.717) is 20.1 Å². The average Bonchev–Trinajstić information content (AvgIpc) is 2.75. The first-order valence-corrected chi connectivity index (χ1v) is 14.2. The minimum absolute atomic E-state index is 0. The van der Waals surface area contributed by atoms with Gasteiger partial charge in [-0.15, -0.1) is 0 Å². The minimum atomic E-state index is -0.346. The molecule has 0 aliphatic heterocycles. The Morgan fingerprint density at radius 1 is 0.455 bits per heavy atom. The number of rotatable bonds is 2. The molecule has 0 saturated heterocycles. The molecule has 0 radical (unpaired) electrons. The first-order valence-electron chi connectivity index (χ1n) is 8.25. The van der Waals surface area contributed by atoms with Crippen LogP contribution in [0.3, 0.4) is 0 Å². The van der Waals surface area contributed by atoms with E-state index in [1.165, 1.54) is 0 Å². The third kappa shape index (κ3) is 11.7. The van der Waals surface area contributed by atoms with E-state index in [2.05, 4.69) is 19.9 Å². The predicted molar refractivity (Wildman–Crippen MR) is 134 cm³/mol. The summed E-state index contributed by atoms with van der Waals surface area (Å²) in [6.07, 6.45) is 6.56. The number of halogens is 6. The molecule has 0 atom stereocenters. The van der Waals surface area contributed by atoms with Crippen LogP contribution >= 0.6 is 65.8 Å². The van der Waals surface area contributed by atoms with Crippen LogP contribution < -0.4 is 0 Å². The summed E-state index contributed by atoms with van der Waals surface area (Å²) in [5, 5.41) is 2.54. The second-order valence-corrected chi connectivity index (χ2v) is 9.87. The fourth-order valence-electron chi connectivity index (χ4n) is 2.18. The Morgan fingerprint density at radius 3 is 0.788 bits per heavy atom. The van der Waals surface area contributed by atoms with Crippen molar-refractivity contribution < 1.29 is 26.1 Å². The van der Waals surface area contributed by atoms with Crippen molar-refractivity contribution in [1.29, 1.82) is 0 Å². The van der Waals surface area contributed by atoms with Crippen molar-refractivity contribution in [3.8, 4) is 22.8 Å². The van der Waals surface area contributed by atoms with Crippen molar-refractivity contribution in [3.63, 3.8) is 0 Å². The third-order valence-electron chi connectivity index (χ3n) is 3.41. The maximum atomic E-state index is 5.83. The molecular formula is C20H16Cl6N4O2Ru. The van der Waals surface area contributed by atoms with E-state index in [9.17, 15) is 0 Å². The summed E-state index contributed by atoms with van der Waals surface area (Å²) in [6, 6.07) is 13.9. The molecule has 0 aromatic carbocycles. The van der Waals surface area contributed by atoms with Gasteiger partial charge in [0, 0.05) is 44.9 Å². The van der Waals surface area contributed by atoms with Crippen LogP contribution in [-0.4, -0.2) is 30.9 Å². The molecule has 4 aromatic heterocycles. The molecule has 0 amide bonds. The zero-order valence-electron chi connectivity index (χ0n) is 16.3. The van der Waals surface area contributed by atoms with Crippen molar-refractivity contribution in [2.45, 2.75) is 0 Å².